The Kier molecular flexibility index (Phi) is 9.78. The fraction of sp³-hybridized carbons (Fsp3) is 0.0857. The number of hydrogen-bond donors (Lipinski definition) is 0. The molecule has 1 nitrogen and oxygen atoms in total. The highest BCUT2D eigenvalue weighted by Gasteiger charge is 2.42. The first-order valence-electron chi connectivity index (χ1n) is 13.8. The van der Waals surface area contributed by atoms with Crippen molar-refractivity contribution in [3.63, 3.8) is 0 Å². The zero-order valence-corrected chi connectivity index (χ0v) is 25.0. The van der Waals surface area contributed by atoms with Crippen LogP contribution in [0.5, 0.6) is 5.75 Å². The van der Waals surface area contributed by atoms with Gasteiger partial charge < -0.3 is 4.74 Å². The largest absolute Gasteiger partial charge is 0.432 e. The first-order chi connectivity index (χ1) is 23.0. The Labute approximate surface area is 274 Å². The van der Waals surface area contributed by atoms with Crippen molar-refractivity contribution in [2.24, 2.45) is 0 Å². The van der Waals surface area contributed by atoms with E-state index in [1.807, 2.05) is 0 Å². The van der Waals surface area contributed by atoms with Gasteiger partial charge in [0.25, 0.3) is 0 Å². The fourth-order valence-electron chi connectivity index (χ4n) is 5.09. The molecule has 0 saturated heterocycles. The maximum Gasteiger partial charge on any atom is 0.432 e. The van der Waals surface area contributed by atoms with E-state index in [1.54, 1.807) is 6.08 Å². The highest BCUT2D eigenvalue weighted by atomic mass is 35.5. The monoisotopic (exact) mass is 716 g/mol. The Balaban J connectivity index is 1.46. The lowest BCUT2D eigenvalue weighted by molar-refractivity contribution is -0.189. The predicted octanol–water partition coefficient (Wildman–Crippen LogP) is 12.0. The molecular weight excluding hydrogens is 700 g/mol. The molecule has 254 valence electrons. The number of benzene rings is 5. The van der Waals surface area contributed by atoms with Gasteiger partial charge in [0.15, 0.2) is 17.5 Å². The van der Waals surface area contributed by atoms with Gasteiger partial charge in [0, 0.05) is 17.7 Å². The number of allylic oxidation sites excluding steroid dienone is 1. The van der Waals surface area contributed by atoms with Crippen molar-refractivity contribution < 1.29 is 57.4 Å². The van der Waals surface area contributed by atoms with Crippen LogP contribution in [0.3, 0.4) is 0 Å². The number of alkyl halides is 2. The molecule has 5 aromatic carbocycles. The van der Waals surface area contributed by atoms with E-state index in [2.05, 4.69) is 11.3 Å². The third-order valence-electron chi connectivity index (χ3n) is 7.23. The topological polar surface area (TPSA) is 9.23 Å². The minimum Gasteiger partial charge on any atom is -0.429 e. The molecule has 0 aliphatic heterocycles. The minimum absolute atomic E-state index is 0.118. The van der Waals surface area contributed by atoms with E-state index in [9.17, 15) is 30.7 Å². The van der Waals surface area contributed by atoms with Crippen LogP contribution in [-0.4, -0.2) is 0 Å². The van der Waals surface area contributed by atoms with Gasteiger partial charge in [0.2, 0.25) is 0 Å². The van der Waals surface area contributed by atoms with E-state index in [-0.39, 0.29) is 48.4 Å². The van der Waals surface area contributed by atoms with Gasteiger partial charge in [-0.25, -0.2) is 43.9 Å². The maximum atomic E-state index is 15.3. The second kappa shape index (κ2) is 13.5. The quantitative estimate of drug-likeness (QED) is 0.0838. The van der Waals surface area contributed by atoms with Crippen LogP contribution in [0, 0.1) is 58.2 Å². The SMILES string of the molecule is C=CCCc1cc(F)c(-c2cc(F)c(-c3cc(F)c(C(F)(F)Oc4cc(F)c(-c5cc(F)c(F)c(F)c5)c(F)c4)c(F)c3)c(Cl)c2)c(F)c1. The van der Waals surface area contributed by atoms with E-state index in [0.29, 0.717) is 18.1 Å². The van der Waals surface area contributed by atoms with Crippen LogP contribution in [0.25, 0.3) is 33.4 Å². The van der Waals surface area contributed by atoms with Gasteiger partial charge in [-0.1, -0.05) is 17.7 Å². The summed E-state index contributed by atoms with van der Waals surface area (Å²) in [6.07, 6.45) is -2.74. The zero-order valence-electron chi connectivity index (χ0n) is 24.3. The molecule has 0 aliphatic rings. The summed E-state index contributed by atoms with van der Waals surface area (Å²) in [6.45, 7) is 3.52. The number of ether oxygens (including phenoxy) is 1. The van der Waals surface area contributed by atoms with Crippen LogP contribution < -0.4 is 4.74 Å². The third kappa shape index (κ3) is 6.98. The van der Waals surface area contributed by atoms with Crippen LogP contribution in [-0.2, 0) is 12.5 Å². The molecular formula is C35H17ClF12O. The van der Waals surface area contributed by atoms with Gasteiger partial charge in [-0.3, -0.25) is 0 Å². The summed E-state index contributed by atoms with van der Waals surface area (Å²) in [6, 6.07) is 4.78. The molecule has 0 aliphatic carbocycles. The van der Waals surface area contributed by atoms with Crippen LogP contribution in [0.1, 0.15) is 17.5 Å². The van der Waals surface area contributed by atoms with Crippen molar-refractivity contribution in [3.05, 3.63) is 148 Å². The molecule has 0 N–H and O–H groups in total. The van der Waals surface area contributed by atoms with Crippen molar-refractivity contribution in [2.75, 3.05) is 0 Å². The molecule has 14 heteroatoms. The lowest BCUT2D eigenvalue weighted by Crippen LogP contribution is -2.25. The first kappa shape index (κ1) is 35.4. The lowest BCUT2D eigenvalue weighted by Gasteiger charge is -2.21. The summed E-state index contributed by atoms with van der Waals surface area (Å²) in [4.78, 5) is 0. The van der Waals surface area contributed by atoms with Gasteiger partial charge in [-0.05, 0) is 83.6 Å². The normalized spacial score (nSPS) is 11.6. The van der Waals surface area contributed by atoms with Gasteiger partial charge >= 0.3 is 6.11 Å². The molecule has 5 aromatic rings. The van der Waals surface area contributed by atoms with Crippen LogP contribution in [0.4, 0.5) is 52.7 Å². The van der Waals surface area contributed by atoms with E-state index < -0.39 is 108 Å². The molecule has 5 rings (SSSR count). The summed E-state index contributed by atoms with van der Waals surface area (Å²) < 4.78 is 179. The highest BCUT2D eigenvalue weighted by Crippen LogP contribution is 2.42. The molecule has 0 unspecified atom stereocenters. The molecule has 0 spiro atoms. The van der Waals surface area contributed by atoms with Gasteiger partial charge in [-0.15, -0.1) is 6.58 Å². The third-order valence-corrected chi connectivity index (χ3v) is 7.52. The lowest BCUT2D eigenvalue weighted by atomic mass is 9.96. The molecule has 0 heterocycles. The highest BCUT2D eigenvalue weighted by molar-refractivity contribution is 6.33. The van der Waals surface area contributed by atoms with E-state index in [4.69, 9.17) is 11.6 Å². The standard InChI is InChI=1S/C35H17ClF12O/c1-2-3-4-15-5-21(37)31(22(38)6-15)16-7-20(36)30(23(39)8-16)17-9-26(42)33(27(43)10-17)35(47,48)49-19-13-24(40)32(25(41)14-19)18-11-28(44)34(46)29(45)12-18/h2,5-14H,1,3-4H2. The molecule has 0 fully saturated rings. The summed E-state index contributed by atoms with van der Waals surface area (Å²) in [5.74, 6) is -17.8. The van der Waals surface area contributed by atoms with Crippen molar-refractivity contribution in [1.29, 1.82) is 0 Å². The minimum atomic E-state index is -4.97. The maximum absolute atomic E-state index is 15.3. The number of halogens is 13. The summed E-state index contributed by atoms with van der Waals surface area (Å²) in [5, 5.41) is -0.606. The average Bonchev–Trinajstić information content (AvgIpc) is 2.97. The fourth-order valence-corrected chi connectivity index (χ4v) is 5.40. The number of hydrogen-bond acceptors (Lipinski definition) is 1. The van der Waals surface area contributed by atoms with Crippen molar-refractivity contribution in [1.82, 2.24) is 0 Å². The van der Waals surface area contributed by atoms with Crippen molar-refractivity contribution in [2.45, 2.75) is 19.0 Å². The molecule has 0 aromatic heterocycles. The Morgan fingerprint density at radius 2 is 0.959 bits per heavy atom. The zero-order chi connectivity index (χ0) is 35.9. The van der Waals surface area contributed by atoms with Gasteiger partial charge in [-0.2, -0.15) is 8.78 Å². The molecule has 0 bridgehead atoms. The second-order valence-corrected chi connectivity index (χ2v) is 10.9. The smallest absolute Gasteiger partial charge is 0.429 e. The van der Waals surface area contributed by atoms with Gasteiger partial charge in [0.05, 0.1) is 16.1 Å². The molecule has 0 atom stereocenters. The second-order valence-electron chi connectivity index (χ2n) is 10.5. The summed E-state index contributed by atoms with van der Waals surface area (Å²) in [5.41, 5.74) is -6.27. The van der Waals surface area contributed by atoms with E-state index in [0.717, 1.165) is 18.2 Å². The molecule has 0 amide bonds. The molecule has 49 heavy (non-hydrogen) atoms. The Hall–Kier alpha value is -4.91. The Morgan fingerprint density at radius 1 is 0.551 bits per heavy atom. The van der Waals surface area contributed by atoms with Crippen molar-refractivity contribution in [3.8, 4) is 39.1 Å². The number of aryl methyl sites for hydroxylation is 1. The predicted molar refractivity (Wildman–Crippen MR) is 157 cm³/mol. The average molecular weight is 717 g/mol. The Bertz CT molecular complexity index is 2010. The van der Waals surface area contributed by atoms with Crippen LogP contribution >= 0.6 is 11.6 Å². The molecule has 0 saturated carbocycles. The van der Waals surface area contributed by atoms with Crippen LogP contribution in [0.2, 0.25) is 5.02 Å². The van der Waals surface area contributed by atoms with Gasteiger partial charge in [0.1, 0.15) is 52.0 Å². The Morgan fingerprint density at radius 3 is 1.45 bits per heavy atom. The summed E-state index contributed by atoms with van der Waals surface area (Å²) in [7, 11) is 0. The van der Waals surface area contributed by atoms with E-state index >= 15 is 22.0 Å². The van der Waals surface area contributed by atoms with Crippen molar-refractivity contribution >= 4 is 11.6 Å². The first-order valence-corrected chi connectivity index (χ1v) is 14.2. The van der Waals surface area contributed by atoms with Crippen LogP contribution in [0.15, 0.2) is 73.3 Å². The molecule has 0 radical (unpaired) electrons. The summed E-state index contributed by atoms with van der Waals surface area (Å²) >= 11 is 6.13. The van der Waals surface area contributed by atoms with E-state index in [1.165, 1.54) is 0 Å². The number of rotatable bonds is 9.